The van der Waals surface area contributed by atoms with Gasteiger partial charge in [0, 0.05) is 25.6 Å². The Morgan fingerprint density at radius 2 is 2.11 bits per heavy atom. The van der Waals surface area contributed by atoms with Crippen molar-refractivity contribution in [3.05, 3.63) is 30.3 Å². The number of carbonyl (C=O) groups excluding carboxylic acids is 1. The molecule has 0 spiro atoms. The summed E-state index contributed by atoms with van der Waals surface area (Å²) in [7, 11) is 3.47. The van der Waals surface area contributed by atoms with E-state index in [2.05, 4.69) is 15.9 Å². The van der Waals surface area contributed by atoms with Crippen molar-refractivity contribution < 1.29 is 9.53 Å². The van der Waals surface area contributed by atoms with E-state index in [0.717, 1.165) is 4.90 Å². The number of hydrogen-bond acceptors (Lipinski definition) is 3. The Bertz CT molecular complexity index is 361. The van der Waals surface area contributed by atoms with Gasteiger partial charge in [-0.05, 0) is 12.1 Å². The molecule has 0 radical (unpaired) electrons. The molecule has 0 aromatic heterocycles. The molecule has 0 aliphatic heterocycles. The fraction of sp³-hybridized carbons (Fsp3) is 0.462. The molecule has 0 heterocycles. The highest BCUT2D eigenvalue weighted by atomic mass is 79.9. The first-order valence-electron chi connectivity index (χ1n) is 5.68. The van der Waals surface area contributed by atoms with E-state index in [1.54, 1.807) is 23.8 Å². The van der Waals surface area contributed by atoms with Gasteiger partial charge in [0.2, 0.25) is 5.91 Å². The normalized spacial score (nSPS) is 12.2. The van der Waals surface area contributed by atoms with Gasteiger partial charge < -0.3 is 9.64 Å². The van der Waals surface area contributed by atoms with E-state index in [1.165, 1.54) is 0 Å². The number of methoxy groups -OCH3 is 1. The van der Waals surface area contributed by atoms with Crippen molar-refractivity contribution in [3.8, 4) is 0 Å². The van der Waals surface area contributed by atoms with Crippen molar-refractivity contribution in [1.82, 2.24) is 4.90 Å². The number of nitrogens with zero attached hydrogens (tertiary/aromatic N) is 1. The van der Waals surface area contributed by atoms with Crippen LogP contribution in [0.15, 0.2) is 35.2 Å². The third-order valence-corrected chi connectivity index (χ3v) is 3.90. The SMILES string of the molecule is COCC(Br)CN(C)C(=O)CSc1ccccc1. The van der Waals surface area contributed by atoms with Gasteiger partial charge in [-0.25, -0.2) is 0 Å². The highest BCUT2D eigenvalue weighted by molar-refractivity contribution is 9.09. The maximum Gasteiger partial charge on any atom is 0.232 e. The Morgan fingerprint density at radius 3 is 2.72 bits per heavy atom. The summed E-state index contributed by atoms with van der Waals surface area (Å²) in [5.41, 5.74) is 0. The van der Waals surface area contributed by atoms with Gasteiger partial charge in [-0.3, -0.25) is 4.79 Å². The number of alkyl halides is 1. The van der Waals surface area contributed by atoms with Crippen molar-refractivity contribution in [3.63, 3.8) is 0 Å². The third-order valence-electron chi connectivity index (χ3n) is 2.35. The van der Waals surface area contributed by atoms with E-state index < -0.39 is 0 Å². The number of carbonyl (C=O) groups is 1. The van der Waals surface area contributed by atoms with E-state index in [1.807, 2.05) is 37.4 Å². The maximum absolute atomic E-state index is 11.9. The molecule has 3 nitrogen and oxygen atoms in total. The first-order chi connectivity index (χ1) is 8.63. The summed E-state index contributed by atoms with van der Waals surface area (Å²) in [4.78, 5) is 14.9. The van der Waals surface area contributed by atoms with Crippen LogP contribution in [0.25, 0.3) is 0 Å². The molecule has 0 saturated carbocycles. The largest absolute Gasteiger partial charge is 0.383 e. The lowest BCUT2D eigenvalue weighted by molar-refractivity contribution is -0.127. The molecule has 1 aromatic carbocycles. The van der Waals surface area contributed by atoms with Crippen LogP contribution in [0.4, 0.5) is 0 Å². The van der Waals surface area contributed by atoms with Crippen molar-refractivity contribution in [2.45, 2.75) is 9.72 Å². The van der Waals surface area contributed by atoms with Crippen LogP contribution in [0, 0.1) is 0 Å². The number of ether oxygens (including phenoxy) is 1. The van der Waals surface area contributed by atoms with Gasteiger partial charge in [0.1, 0.15) is 0 Å². The average molecular weight is 332 g/mol. The maximum atomic E-state index is 11.9. The minimum Gasteiger partial charge on any atom is -0.383 e. The quantitative estimate of drug-likeness (QED) is 0.568. The van der Waals surface area contributed by atoms with Crippen LogP contribution < -0.4 is 0 Å². The fourth-order valence-electron chi connectivity index (χ4n) is 1.40. The molecule has 0 aliphatic carbocycles. The van der Waals surface area contributed by atoms with Gasteiger partial charge in [0.25, 0.3) is 0 Å². The summed E-state index contributed by atoms with van der Waals surface area (Å²) >= 11 is 5.04. The Kier molecular flexibility index (Phi) is 7.39. The van der Waals surface area contributed by atoms with E-state index in [4.69, 9.17) is 4.74 Å². The van der Waals surface area contributed by atoms with Crippen LogP contribution in [-0.2, 0) is 9.53 Å². The summed E-state index contributed by atoms with van der Waals surface area (Å²) in [6.07, 6.45) is 0. The Morgan fingerprint density at radius 1 is 1.44 bits per heavy atom. The molecule has 0 aliphatic rings. The minimum atomic E-state index is 0.129. The van der Waals surface area contributed by atoms with Crippen molar-refractivity contribution in [2.75, 3.05) is 33.1 Å². The molecule has 0 fully saturated rings. The molecular formula is C13H18BrNO2S. The van der Waals surface area contributed by atoms with E-state index in [-0.39, 0.29) is 10.7 Å². The van der Waals surface area contributed by atoms with Crippen LogP contribution in [0.2, 0.25) is 0 Å². The molecule has 0 N–H and O–H groups in total. The molecule has 1 amide bonds. The molecule has 5 heteroatoms. The van der Waals surface area contributed by atoms with Gasteiger partial charge in [-0.2, -0.15) is 0 Å². The monoisotopic (exact) mass is 331 g/mol. The molecule has 1 unspecified atom stereocenters. The van der Waals surface area contributed by atoms with Crippen molar-refractivity contribution in [1.29, 1.82) is 0 Å². The van der Waals surface area contributed by atoms with Gasteiger partial charge in [-0.1, -0.05) is 34.1 Å². The van der Waals surface area contributed by atoms with Gasteiger partial charge in [0.05, 0.1) is 17.2 Å². The van der Waals surface area contributed by atoms with Crippen LogP contribution >= 0.6 is 27.7 Å². The van der Waals surface area contributed by atoms with E-state index in [0.29, 0.717) is 18.9 Å². The predicted molar refractivity (Wildman–Crippen MR) is 79.4 cm³/mol. The third kappa shape index (κ3) is 5.89. The molecule has 100 valence electrons. The number of amides is 1. The van der Waals surface area contributed by atoms with Crippen LogP contribution in [-0.4, -0.2) is 48.7 Å². The molecule has 0 saturated heterocycles. The lowest BCUT2D eigenvalue weighted by Crippen LogP contribution is -2.34. The molecule has 18 heavy (non-hydrogen) atoms. The second kappa shape index (κ2) is 8.56. The zero-order valence-electron chi connectivity index (χ0n) is 10.6. The standard InChI is InChI=1S/C13H18BrNO2S/c1-15(8-11(14)9-17-2)13(16)10-18-12-6-4-3-5-7-12/h3-7,11H,8-10H2,1-2H3. The van der Waals surface area contributed by atoms with Crippen molar-refractivity contribution in [2.24, 2.45) is 0 Å². The van der Waals surface area contributed by atoms with Gasteiger partial charge in [0.15, 0.2) is 0 Å². The zero-order valence-corrected chi connectivity index (χ0v) is 13.0. The van der Waals surface area contributed by atoms with Crippen LogP contribution in [0.1, 0.15) is 0 Å². The summed E-state index contributed by atoms with van der Waals surface area (Å²) in [6.45, 7) is 1.26. The van der Waals surface area contributed by atoms with E-state index in [9.17, 15) is 4.79 Å². The number of halogens is 1. The number of thioether (sulfide) groups is 1. The second-order valence-electron chi connectivity index (χ2n) is 3.93. The number of benzene rings is 1. The first-order valence-corrected chi connectivity index (χ1v) is 7.58. The lowest BCUT2D eigenvalue weighted by Gasteiger charge is -2.20. The smallest absolute Gasteiger partial charge is 0.232 e. The summed E-state index contributed by atoms with van der Waals surface area (Å²) in [5.74, 6) is 0.595. The molecule has 1 rings (SSSR count). The first kappa shape index (κ1) is 15.5. The lowest BCUT2D eigenvalue weighted by atomic mass is 10.4. The Hall–Kier alpha value is -0.520. The topological polar surface area (TPSA) is 29.5 Å². The Balaban J connectivity index is 2.32. The van der Waals surface area contributed by atoms with Crippen molar-refractivity contribution >= 4 is 33.6 Å². The molecular weight excluding hydrogens is 314 g/mol. The second-order valence-corrected chi connectivity index (χ2v) is 6.27. The van der Waals surface area contributed by atoms with E-state index >= 15 is 0 Å². The summed E-state index contributed by atoms with van der Waals surface area (Å²) < 4.78 is 5.02. The van der Waals surface area contributed by atoms with Crippen LogP contribution in [0.5, 0.6) is 0 Å². The summed E-state index contributed by atoms with van der Waals surface area (Å²) in [6, 6.07) is 9.94. The fourth-order valence-corrected chi connectivity index (χ4v) is 2.96. The highest BCUT2D eigenvalue weighted by Crippen LogP contribution is 2.17. The number of hydrogen-bond donors (Lipinski definition) is 0. The molecule has 1 aromatic rings. The Labute approximate surface area is 121 Å². The molecule has 0 bridgehead atoms. The van der Waals surface area contributed by atoms with Crippen LogP contribution in [0.3, 0.4) is 0 Å². The molecule has 1 atom stereocenters. The van der Waals surface area contributed by atoms with Gasteiger partial charge in [-0.15, -0.1) is 11.8 Å². The minimum absolute atomic E-state index is 0.129. The highest BCUT2D eigenvalue weighted by Gasteiger charge is 2.13. The number of rotatable bonds is 7. The zero-order chi connectivity index (χ0) is 13.4. The average Bonchev–Trinajstić information content (AvgIpc) is 2.37. The summed E-state index contributed by atoms with van der Waals surface area (Å²) in [5, 5.41) is 0. The predicted octanol–water partition coefficient (Wildman–Crippen LogP) is 2.65. The van der Waals surface area contributed by atoms with Gasteiger partial charge >= 0.3 is 0 Å².